The molecule has 0 spiro atoms. The lowest BCUT2D eigenvalue weighted by Crippen LogP contribution is -2.16. The first-order valence-corrected chi connectivity index (χ1v) is 9.96. The zero-order valence-corrected chi connectivity index (χ0v) is 16.6. The van der Waals surface area contributed by atoms with E-state index < -0.39 is 0 Å². The summed E-state index contributed by atoms with van der Waals surface area (Å²) in [4.78, 5) is 35.5. The lowest BCUT2D eigenvalue weighted by Gasteiger charge is -2.20. The number of benzene rings is 1. The number of hydrogen-bond acceptors (Lipinski definition) is 5. The molecule has 0 saturated heterocycles. The molecule has 0 heterocycles. The van der Waals surface area contributed by atoms with Crippen LogP contribution in [0, 0.1) is 5.92 Å². The number of allylic oxidation sites excluding steroid dienone is 1. The zero-order chi connectivity index (χ0) is 19.1. The van der Waals surface area contributed by atoms with Crippen molar-refractivity contribution in [3.8, 4) is 5.75 Å². The van der Waals surface area contributed by atoms with Gasteiger partial charge in [0.05, 0.1) is 9.93 Å². The molecule has 26 heavy (non-hydrogen) atoms. The zero-order valence-electron chi connectivity index (χ0n) is 15.0. The molecular formula is C20H23ClO4S. The molecule has 0 unspecified atom stereocenters. The van der Waals surface area contributed by atoms with Gasteiger partial charge >= 0.3 is 5.97 Å². The molecule has 0 radical (unpaired) electrons. The molecule has 6 heteroatoms. The Kier molecular flexibility index (Phi) is 7.91. The molecule has 0 N–H and O–H groups in total. The highest BCUT2D eigenvalue weighted by atomic mass is 35.5. The normalized spacial score (nSPS) is 15.6. The van der Waals surface area contributed by atoms with Crippen molar-refractivity contribution in [2.75, 3.05) is 0 Å². The molecule has 140 valence electrons. The molecular weight excluding hydrogens is 372 g/mol. The van der Waals surface area contributed by atoms with E-state index in [1.54, 1.807) is 24.3 Å². The smallest absolute Gasteiger partial charge is 0.311 e. The topological polar surface area (TPSA) is 60.4 Å². The van der Waals surface area contributed by atoms with E-state index in [4.69, 9.17) is 16.3 Å². The minimum absolute atomic E-state index is 0.183. The fraction of sp³-hybridized carbons (Fsp3) is 0.450. The van der Waals surface area contributed by atoms with Gasteiger partial charge in [-0.05, 0) is 55.2 Å². The lowest BCUT2D eigenvalue weighted by atomic mass is 9.87. The molecule has 0 bridgehead atoms. The van der Waals surface area contributed by atoms with Crippen molar-refractivity contribution in [2.45, 2.75) is 52.4 Å². The van der Waals surface area contributed by atoms with Crippen LogP contribution in [0.4, 0.5) is 0 Å². The van der Waals surface area contributed by atoms with Crippen molar-refractivity contribution in [2.24, 2.45) is 5.92 Å². The highest BCUT2D eigenvalue weighted by molar-refractivity contribution is 8.17. The van der Waals surface area contributed by atoms with Crippen LogP contribution in [0.3, 0.4) is 0 Å². The van der Waals surface area contributed by atoms with Gasteiger partial charge in [-0.3, -0.25) is 14.4 Å². The monoisotopic (exact) mass is 394 g/mol. The second-order valence-corrected chi connectivity index (χ2v) is 8.10. The van der Waals surface area contributed by atoms with Crippen LogP contribution < -0.4 is 4.74 Å². The molecule has 1 fully saturated rings. The van der Waals surface area contributed by atoms with Crippen LogP contribution in [0.15, 0.2) is 23.1 Å². The first-order valence-electron chi connectivity index (χ1n) is 8.77. The average Bonchev–Trinajstić information content (AvgIpc) is 2.58. The van der Waals surface area contributed by atoms with E-state index in [0.29, 0.717) is 22.8 Å². The van der Waals surface area contributed by atoms with Gasteiger partial charge in [0.1, 0.15) is 5.75 Å². The van der Waals surface area contributed by atoms with Crippen LogP contribution in [0.2, 0.25) is 5.02 Å². The summed E-state index contributed by atoms with van der Waals surface area (Å²) in [6.07, 6.45) is 7.65. The van der Waals surface area contributed by atoms with Crippen LogP contribution in [0.1, 0.15) is 57.9 Å². The first-order chi connectivity index (χ1) is 12.4. The summed E-state index contributed by atoms with van der Waals surface area (Å²) in [6.45, 7) is 2.79. The van der Waals surface area contributed by atoms with E-state index in [-0.39, 0.29) is 27.6 Å². The number of carbonyl (C=O) groups is 3. The summed E-state index contributed by atoms with van der Waals surface area (Å²) in [6, 6.07) is 5.05. The summed E-state index contributed by atoms with van der Waals surface area (Å²) < 4.78 is 5.45. The standard InChI is InChI=1S/C20H23ClO4S/c1-13(22)18(26-14(2)23)12-16-9-6-10-17(20(16)21)25-19(24)11-15-7-4-3-5-8-15/h6,9-10,12,15H,3-5,7-8,11H2,1-2H3/b18-12-. The van der Waals surface area contributed by atoms with Gasteiger partial charge in [-0.15, -0.1) is 0 Å². The van der Waals surface area contributed by atoms with Gasteiger partial charge < -0.3 is 4.74 Å². The molecule has 1 saturated carbocycles. The van der Waals surface area contributed by atoms with Crippen LogP contribution in [-0.4, -0.2) is 16.9 Å². The predicted octanol–water partition coefficient (Wildman–Crippen LogP) is 5.43. The Bertz CT molecular complexity index is 721. The lowest BCUT2D eigenvalue weighted by molar-refractivity contribution is -0.135. The van der Waals surface area contributed by atoms with Crippen molar-refractivity contribution >= 4 is 46.3 Å². The molecule has 4 nitrogen and oxygen atoms in total. The quantitative estimate of drug-likeness (QED) is 0.366. The Morgan fingerprint density at radius 1 is 1.19 bits per heavy atom. The van der Waals surface area contributed by atoms with Gasteiger partial charge in [-0.25, -0.2) is 0 Å². The maximum atomic E-state index is 12.2. The fourth-order valence-electron chi connectivity index (χ4n) is 3.01. The van der Waals surface area contributed by atoms with Crippen LogP contribution in [0.5, 0.6) is 5.75 Å². The number of Topliss-reactive ketones (excluding diaryl/α,β-unsaturated/α-hetero) is 1. The van der Waals surface area contributed by atoms with E-state index in [2.05, 4.69) is 0 Å². The van der Waals surface area contributed by atoms with E-state index in [1.807, 2.05) is 0 Å². The largest absolute Gasteiger partial charge is 0.425 e. The summed E-state index contributed by atoms with van der Waals surface area (Å²) in [7, 11) is 0. The first kappa shape index (κ1) is 20.7. The third-order valence-electron chi connectivity index (χ3n) is 4.28. The number of carbonyl (C=O) groups excluding carboxylic acids is 3. The number of ether oxygens (including phenoxy) is 1. The molecule has 0 aliphatic heterocycles. The maximum Gasteiger partial charge on any atom is 0.311 e. The van der Waals surface area contributed by atoms with Crippen molar-refractivity contribution in [3.05, 3.63) is 33.7 Å². The van der Waals surface area contributed by atoms with Gasteiger partial charge in [-0.2, -0.15) is 0 Å². The van der Waals surface area contributed by atoms with Gasteiger partial charge in [0, 0.05) is 13.3 Å². The number of thioether (sulfide) groups is 1. The van der Waals surface area contributed by atoms with Crippen molar-refractivity contribution in [1.82, 2.24) is 0 Å². The van der Waals surface area contributed by atoms with Crippen molar-refractivity contribution < 1.29 is 19.1 Å². The summed E-state index contributed by atoms with van der Waals surface area (Å²) in [5.41, 5.74) is 0.536. The summed E-state index contributed by atoms with van der Waals surface area (Å²) in [5, 5.41) is 0.0741. The minimum Gasteiger partial charge on any atom is -0.425 e. The van der Waals surface area contributed by atoms with E-state index in [9.17, 15) is 14.4 Å². The molecule has 1 aromatic rings. The van der Waals surface area contributed by atoms with E-state index in [0.717, 1.165) is 24.6 Å². The molecule has 1 aromatic carbocycles. The molecule has 0 amide bonds. The molecule has 0 aromatic heterocycles. The second-order valence-electron chi connectivity index (χ2n) is 6.50. The Balaban J connectivity index is 2.13. The number of halogens is 1. The van der Waals surface area contributed by atoms with Gasteiger partial charge in [0.15, 0.2) is 10.9 Å². The van der Waals surface area contributed by atoms with Gasteiger partial charge in [0.2, 0.25) is 0 Å². The average molecular weight is 395 g/mol. The minimum atomic E-state index is -0.287. The van der Waals surface area contributed by atoms with Crippen molar-refractivity contribution in [3.63, 3.8) is 0 Å². The van der Waals surface area contributed by atoms with Crippen molar-refractivity contribution in [1.29, 1.82) is 0 Å². The Hall–Kier alpha value is -1.59. The summed E-state index contributed by atoms with van der Waals surface area (Å²) in [5.74, 6) is 0.150. The highest BCUT2D eigenvalue weighted by Gasteiger charge is 2.19. The highest BCUT2D eigenvalue weighted by Crippen LogP contribution is 2.33. The summed E-state index contributed by atoms with van der Waals surface area (Å²) >= 11 is 7.21. The maximum absolute atomic E-state index is 12.2. The fourth-order valence-corrected chi connectivity index (χ4v) is 3.87. The molecule has 0 atom stereocenters. The number of hydrogen-bond donors (Lipinski definition) is 0. The van der Waals surface area contributed by atoms with Crippen LogP contribution >= 0.6 is 23.4 Å². The molecule has 2 rings (SSSR count). The van der Waals surface area contributed by atoms with Crippen LogP contribution in [0.25, 0.3) is 6.08 Å². The van der Waals surface area contributed by atoms with Gasteiger partial charge in [0.25, 0.3) is 0 Å². The number of esters is 1. The Labute approximate surface area is 163 Å². The Morgan fingerprint density at radius 3 is 2.50 bits per heavy atom. The van der Waals surface area contributed by atoms with E-state index in [1.165, 1.54) is 33.1 Å². The Morgan fingerprint density at radius 2 is 1.88 bits per heavy atom. The van der Waals surface area contributed by atoms with Gasteiger partial charge in [-0.1, -0.05) is 43.0 Å². The molecule has 1 aliphatic carbocycles. The van der Waals surface area contributed by atoms with E-state index >= 15 is 0 Å². The third-order valence-corrected chi connectivity index (χ3v) is 5.60. The number of ketones is 1. The second kappa shape index (κ2) is 9.93. The third kappa shape index (κ3) is 6.29. The number of rotatable bonds is 6. The van der Waals surface area contributed by atoms with Crippen LogP contribution in [-0.2, 0) is 14.4 Å². The SMILES string of the molecule is CC(=O)S/C(=C\c1cccc(OC(=O)CC2CCCCC2)c1Cl)C(C)=O. The molecule has 1 aliphatic rings. The predicted molar refractivity (Wildman–Crippen MR) is 105 cm³/mol.